The molecule has 18 heavy (non-hydrogen) atoms. The lowest BCUT2D eigenvalue weighted by atomic mass is 9.83. The molecule has 0 radical (unpaired) electrons. The highest BCUT2D eigenvalue weighted by Crippen LogP contribution is 2.31. The lowest BCUT2D eigenvalue weighted by Gasteiger charge is -2.22. The topological polar surface area (TPSA) is 48.6 Å². The summed E-state index contributed by atoms with van der Waals surface area (Å²) in [5, 5.41) is 0. The highest BCUT2D eigenvalue weighted by Gasteiger charge is 2.17. The van der Waals surface area contributed by atoms with Gasteiger partial charge in [-0.2, -0.15) is 0 Å². The number of hydrogen-bond donors (Lipinski definition) is 2. The minimum Gasteiger partial charge on any atom is -0.312 e. The molecule has 3 heteroatoms. The van der Waals surface area contributed by atoms with Crippen LogP contribution in [-0.2, 0) is 5.41 Å². The third-order valence-corrected chi connectivity index (χ3v) is 3.26. The monoisotopic (exact) mass is 244 g/mol. The molecule has 0 amide bonds. The summed E-state index contributed by atoms with van der Waals surface area (Å²) in [6.07, 6.45) is 1.73. The molecule has 96 valence electrons. The molecule has 0 aliphatic rings. The van der Waals surface area contributed by atoms with Crippen molar-refractivity contribution < 1.29 is 0 Å². The Morgan fingerprint density at radius 3 is 2.00 bits per heavy atom. The molecule has 0 saturated carbocycles. The van der Waals surface area contributed by atoms with Crippen LogP contribution in [0.25, 0.3) is 11.3 Å². The van der Waals surface area contributed by atoms with Crippen molar-refractivity contribution in [3.63, 3.8) is 0 Å². The van der Waals surface area contributed by atoms with Gasteiger partial charge in [0.05, 0.1) is 5.69 Å². The van der Waals surface area contributed by atoms with Gasteiger partial charge in [-0.1, -0.05) is 32.9 Å². The first-order valence-electron chi connectivity index (χ1n) is 6.19. The third kappa shape index (κ3) is 2.26. The van der Waals surface area contributed by atoms with Crippen LogP contribution in [-0.4, -0.2) is 9.97 Å². The zero-order chi connectivity index (χ0) is 13.5. The fraction of sp³-hybridized carbons (Fsp3) is 0.400. The standard InChI is InChI=1S/C15H20N2O/c1-9-6-11(15(3,4)5)7-10(2)13(9)12-8-16-14(18)17-12/h6-8H,1-5H3,(H2,16,17,18). The molecule has 0 spiro atoms. The molecule has 1 aromatic carbocycles. The van der Waals surface area contributed by atoms with Gasteiger partial charge in [0.15, 0.2) is 0 Å². The maximum atomic E-state index is 11.2. The largest absolute Gasteiger partial charge is 0.323 e. The second-order valence-electron chi connectivity index (χ2n) is 5.89. The Labute approximate surface area is 107 Å². The molecule has 1 aromatic heterocycles. The predicted octanol–water partition coefficient (Wildman–Crippen LogP) is 3.28. The van der Waals surface area contributed by atoms with Crippen molar-refractivity contribution in [1.82, 2.24) is 9.97 Å². The Morgan fingerprint density at radius 1 is 1.06 bits per heavy atom. The van der Waals surface area contributed by atoms with Crippen LogP contribution in [0.2, 0.25) is 0 Å². The summed E-state index contributed by atoms with van der Waals surface area (Å²) in [7, 11) is 0. The number of benzene rings is 1. The van der Waals surface area contributed by atoms with Crippen LogP contribution < -0.4 is 5.69 Å². The summed E-state index contributed by atoms with van der Waals surface area (Å²) < 4.78 is 0. The fourth-order valence-electron chi connectivity index (χ4n) is 2.29. The maximum absolute atomic E-state index is 11.2. The number of aromatic amines is 2. The summed E-state index contributed by atoms with van der Waals surface area (Å²) in [5.74, 6) is 0. The number of nitrogens with one attached hydrogen (secondary N) is 2. The molecule has 0 saturated heterocycles. The summed E-state index contributed by atoms with van der Waals surface area (Å²) in [6.45, 7) is 10.8. The quantitative estimate of drug-likeness (QED) is 0.794. The van der Waals surface area contributed by atoms with E-state index >= 15 is 0 Å². The van der Waals surface area contributed by atoms with E-state index in [1.165, 1.54) is 16.7 Å². The van der Waals surface area contributed by atoms with E-state index < -0.39 is 0 Å². The summed E-state index contributed by atoms with van der Waals surface area (Å²) >= 11 is 0. The van der Waals surface area contributed by atoms with E-state index in [-0.39, 0.29) is 11.1 Å². The van der Waals surface area contributed by atoms with Gasteiger partial charge in [-0.05, 0) is 36.0 Å². The molecular weight excluding hydrogens is 224 g/mol. The van der Waals surface area contributed by atoms with Crippen LogP contribution in [0.3, 0.4) is 0 Å². The average molecular weight is 244 g/mol. The molecule has 2 rings (SSSR count). The highest BCUT2D eigenvalue weighted by atomic mass is 16.1. The van der Waals surface area contributed by atoms with Gasteiger partial charge in [0.2, 0.25) is 0 Å². The molecule has 1 heterocycles. The van der Waals surface area contributed by atoms with Gasteiger partial charge >= 0.3 is 5.69 Å². The van der Waals surface area contributed by atoms with Crippen LogP contribution in [0, 0.1) is 13.8 Å². The van der Waals surface area contributed by atoms with E-state index in [1.807, 2.05) is 0 Å². The van der Waals surface area contributed by atoms with Gasteiger partial charge in [-0.25, -0.2) is 4.79 Å². The molecule has 2 aromatic rings. The van der Waals surface area contributed by atoms with E-state index in [9.17, 15) is 4.79 Å². The van der Waals surface area contributed by atoms with Crippen LogP contribution in [0.1, 0.15) is 37.5 Å². The zero-order valence-corrected chi connectivity index (χ0v) is 11.6. The lowest BCUT2D eigenvalue weighted by Crippen LogP contribution is -2.12. The summed E-state index contributed by atoms with van der Waals surface area (Å²) in [4.78, 5) is 16.7. The number of hydrogen-bond acceptors (Lipinski definition) is 1. The van der Waals surface area contributed by atoms with Crippen molar-refractivity contribution in [2.24, 2.45) is 0 Å². The Hall–Kier alpha value is -1.77. The first-order chi connectivity index (χ1) is 8.29. The number of H-pyrrole nitrogens is 2. The highest BCUT2D eigenvalue weighted by molar-refractivity contribution is 5.67. The predicted molar refractivity (Wildman–Crippen MR) is 75.0 cm³/mol. The third-order valence-electron chi connectivity index (χ3n) is 3.26. The Morgan fingerprint density at radius 2 is 1.61 bits per heavy atom. The van der Waals surface area contributed by atoms with Crippen LogP contribution in [0.4, 0.5) is 0 Å². The second-order valence-corrected chi connectivity index (χ2v) is 5.89. The van der Waals surface area contributed by atoms with E-state index in [0.717, 1.165) is 11.3 Å². The van der Waals surface area contributed by atoms with Gasteiger partial charge in [0, 0.05) is 11.8 Å². The van der Waals surface area contributed by atoms with Crippen molar-refractivity contribution in [1.29, 1.82) is 0 Å². The SMILES string of the molecule is Cc1cc(C(C)(C)C)cc(C)c1-c1c[nH]c(=O)[nH]1. The fourth-order valence-corrected chi connectivity index (χ4v) is 2.29. The van der Waals surface area contributed by atoms with Gasteiger partial charge < -0.3 is 9.97 Å². The molecule has 0 fully saturated rings. The second kappa shape index (κ2) is 4.16. The number of aryl methyl sites for hydroxylation is 2. The van der Waals surface area contributed by atoms with E-state index in [0.29, 0.717) is 0 Å². The van der Waals surface area contributed by atoms with Crippen molar-refractivity contribution in [2.75, 3.05) is 0 Å². The van der Waals surface area contributed by atoms with Crippen molar-refractivity contribution >= 4 is 0 Å². The van der Waals surface area contributed by atoms with Crippen molar-refractivity contribution in [3.8, 4) is 11.3 Å². The van der Waals surface area contributed by atoms with Gasteiger partial charge in [-0.15, -0.1) is 0 Å². The summed E-state index contributed by atoms with van der Waals surface area (Å²) in [5.41, 5.74) is 5.64. The number of rotatable bonds is 1. The van der Waals surface area contributed by atoms with Crippen LogP contribution in [0.15, 0.2) is 23.1 Å². The molecule has 0 aliphatic carbocycles. The molecule has 0 bridgehead atoms. The van der Waals surface area contributed by atoms with Crippen LogP contribution in [0.5, 0.6) is 0 Å². The molecule has 0 unspecified atom stereocenters. The first-order valence-corrected chi connectivity index (χ1v) is 6.19. The Balaban J connectivity index is 2.61. The smallest absolute Gasteiger partial charge is 0.312 e. The van der Waals surface area contributed by atoms with Crippen molar-refractivity contribution in [3.05, 3.63) is 45.5 Å². The van der Waals surface area contributed by atoms with Crippen LogP contribution >= 0.6 is 0 Å². The average Bonchev–Trinajstić information content (AvgIpc) is 2.62. The van der Waals surface area contributed by atoms with E-state index in [1.54, 1.807) is 6.20 Å². The van der Waals surface area contributed by atoms with E-state index in [2.05, 4.69) is 56.7 Å². The Kier molecular flexibility index (Phi) is 2.93. The molecule has 0 atom stereocenters. The Bertz CT molecular complexity index is 603. The molecule has 0 aliphatic heterocycles. The van der Waals surface area contributed by atoms with Gasteiger partial charge in [0.1, 0.15) is 0 Å². The normalized spacial score (nSPS) is 11.8. The minimum absolute atomic E-state index is 0.138. The maximum Gasteiger partial charge on any atom is 0.323 e. The number of imidazole rings is 1. The first kappa shape index (κ1) is 12.7. The van der Waals surface area contributed by atoms with Gasteiger partial charge in [0.25, 0.3) is 0 Å². The molecule has 3 nitrogen and oxygen atoms in total. The minimum atomic E-state index is -0.163. The van der Waals surface area contributed by atoms with Gasteiger partial charge in [-0.3, -0.25) is 0 Å². The van der Waals surface area contributed by atoms with E-state index in [4.69, 9.17) is 0 Å². The lowest BCUT2D eigenvalue weighted by molar-refractivity contribution is 0.589. The zero-order valence-electron chi connectivity index (χ0n) is 11.6. The number of aromatic nitrogens is 2. The molecule has 2 N–H and O–H groups in total. The summed E-state index contributed by atoms with van der Waals surface area (Å²) in [6, 6.07) is 4.40. The molecular formula is C15H20N2O. The van der Waals surface area contributed by atoms with Crippen molar-refractivity contribution in [2.45, 2.75) is 40.0 Å².